The topological polar surface area (TPSA) is 123 Å². The summed E-state index contributed by atoms with van der Waals surface area (Å²) in [6, 6.07) is 5.82. The molecule has 3 aromatic rings. The SMILES string of the molecule is COC(=O)c1cn[nH]c1N(N)C(=O)c1csc(-c2ccc3c(c2)CCO3)n1. The standard InChI is InChI=1S/C17H15N5O4S/c1-25-17(24)11-7-19-21-14(11)22(18)16(23)12-8-27-15(20-12)10-2-3-13-9(6-10)4-5-26-13/h2-3,6-8H,4-5,18H2,1H3,(H,19,21). The highest BCUT2D eigenvalue weighted by Gasteiger charge is 2.25. The molecule has 0 fully saturated rings. The minimum Gasteiger partial charge on any atom is -0.493 e. The van der Waals surface area contributed by atoms with Gasteiger partial charge < -0.3 is 9.47 Å². The van der Waals surface area contributed by atoms with E-state index in [1.807, 2.05) is 18.2 Å². The fourth-order valence-electron chi connectivity index (χ4n) is 2.77. The third-order valence-electron chi connectivity index (χ3n) is 4.14. The van der Waals surface area contributed by atoms with Crippen LogP contribution < -0.4 is 15.6 Å². The number of anilines is 1. The van der Waals surface area contributed by atoms with Crippen molar-refractivity contribution in [2.75, 3.05) is 18.7 Å². The number of carbonyl (C=O) groups is 2. The van der Waals surface area contributed by atoms with E-state index in [-0.39, 0.29) is 17.1 Å². The Morgan fingerprint density at radius 3 is 3.07 bits per heavy atom. The van der Waals surface area contributed by atoms with Crippen LogP contribution in [0.4, 0.5) is 5.82 Å². The lowest BCUT2D eigenvalue weighted by molar-refractivity contribution is 0.0601. The van der Waals surface area contributed by atoms with Gasteiger partial charge in [0, 0.05) is 17.4 Å². The van der Waals surface area contributed by atoms with E-state index < -0.39 is 11.9 Å². The first kappa shape index (κ1) is 17.2. The molecule has 4 rings (SSSR count). The van der Waals surface area contributed by atoms with Gasteiger partial charge in [-0.1, -0.05) is 0 Å². The van der Waals surface area contributed by atoms with Crippen molar-refractivity contribution in [3.05, 3.63) is 46.6 Å². The van der Waals surface area contributed by atoms with E-state index >= 15 is 0 Å². The molecule has 0 unspecified atom stereocenters. The summed E-state index contributed by atoms with van der Waals surface area (Å²) in [5, 5.41) is 9.39. The quantitative estimate of drug-likeness (QED) is 0.304. The van der Waals surface area contributed by atoms with E-state index in [1.165, 1.54) is 24.6 Å². The minimum absolute atomic E-state index is 0.0380. The molecule has 1 amide bonds. The Morgan fingerprint density at radius 1 is 1.41 bits per heavy atom. The van der Waals surface area contributed by atoms with Crippen LogP contribution in [0.25, 0.3) is 10.6 Å². The molecule has 138 valence electrons. The number of nitrogens with two attached hydrogens (primary N) is 1. The Hall–Kier alpha value is -3.24. The molecule has 2 aromatic heterocycles. The van der Waals surface area contributed by atoms with Crippen molar-refractivity contribution in [3.8, 4) is 16.3 Å². The number of nitrogens with zero attached hydrogens (tertiary/aromatic N) is 3. The molecule has 3 N–H and O–H groups in total. The molecule has 0 atom stereocenters. The smallest absolute Gasteiger partial charge is 0.343 e. The number of H-pyrrole nitrogens is 1. The van der Waals surface area contributed by atoms with Crippen LogP contribution >= 0.6 is 11.3 Å². The summed E-state index contributed by atoms with van der Waals surface area (Å²) in [5.74, 6) is 5.58. The number of methoxy groups -OCH3 is 1. The summed E-state index contributed by atoms with van der Waals surface area (Å²) in [6.07, 6.45) is 2.10. The monoisotopic (exact) mass is 385 g/mol. The molecule has 1 aliphatic heterocycles. The molecular formula is C17H15N5O4S. The third kappa shape index (κ3) is 3.04. The number of rotatable bonds is 4. The second kappa shape index (κ2) is 6.82. The molecule has 9 nitrogen and oxygen atoms in total. The van der Waals surface area contributed by atoms with E-state index in [4.69, 9.17) is 10.6 Å². The van der Waals surface area contributed by atoms with E-state index in [1.54, 1.807) is 5.38 Å². The van der Waals surface area contributed by atoms with Crippen LogP contribution in [0, 0.1) is 0 Å². The van der Waals surface area contributed by atoms with Gasteiger partial charge in [-0.05, 0) is 23.8 Å². The average Bonchev–Trinajstić information content (AvgIpc) is 3.45. The van der Waals surface area contributed by atoms with Crippen LogP contribution in [0.1, 0.15) is 26.4 Å². The predicted octanol–water partition coefficient (Wildman–Crippen LogP) is 1.78. The molecule has 0 saturated heterocycles. The van der Waals surface area contributed by atoms with Crippen molar-refractivity contribution in [2.45, 2.75) is 6.42 Å². The number of esters is 1. The number of benzene rings is 1. The maximum atomic E-state index is 12.7. The lowest BCUT2D eigenvalue weighted by Crippen LogP contribution is -2.39. The van der Waals surface area contributed by atoms with Gasteiger partial charge in [0.15, 0.2) is 5.82 Å². The van der Waals surface area contributed by atoms with Crippen molar-refractivity contribution >= 4 is 29.0 Å². The number of thiazole rings is 1. The molecular weight excluding hydrogens is 370 g/mol. The third-order valence-corrected chi connectivity index (χ3v) is 5.04. The van der Waals surface area contributed by atoms with Crippen molar-refractivity contribution in [3.63, 3.8) is 0 Å². The highest BCUT2D eigenvalue weighted by atomic mass is 32.1. The maximum absolute atomic E-state index is 12.7. The number of carbonyl (C=O) groups excluding carboxylic acids is 2. The second-order valence-corrected chi connectivity index (χ2v) is 6.62. The number of nitrogens with one attached hydrogen (secondary N) is 1. The molecule has 3 heterocycles. The number of ether oxygens (including phenoxy) is 2. The highest BCUT2D eigenvalue weighted by molar-refractivity contribution is 7.13. The van der Waals surface area contributed by atoms with Gasteiger partial charge >= 0.3 is 5.97 Å². The summed E-state index contributed by atoms with van der Waals surface area (Å²) in [7, 11) is 1.23. The molecule has 0 aliphatic carbocycles. The first-order valence-electron chi connectivity index (χ1n) is 8.01. The van der Waals surface area contributed by atoms with E-state index in [0.29, 0.717) is 11.6 Å². The van der Waals surface area contributed by atoms with E-state index in [2.05, 4.69) is 19.9 Å². The zero-order valence-electron chi connectivity index (χ0n) is 14.3. The van der Waals surface area contributed by atoms with Gasteiger partial charge in [-0.3, -0.25) is 9.89 Å². The Balaban J connectivity index is 1.59. The summed E-state index contributed by atoms with van der Waals surface area (Å²) in [4.78, 5) is 28.8. The number of fused-ring (bicyclic) bond motifs is 1. The molecule has 10 heteroatoms. The first-order valence-corrected chi connectivity index (χ1v) is 8.89. The van der Waals surface area contributed by atoms with Crippen LogP contribution in [0.15, 0.2) is 29.8 Å². The van der Waals surface area contributed by atoms with Crippen molar-refractivity contribution in [2.24, 2.45) is 5.84 Å². The predicted molar refractivity (Wildman–Crippen MR) is 97.7 cm³/mol. The van der Waals surface area contributed by atoms with Gasteiger partial charge in [-0.15, -0.1) is 11.3 Å². The molecule has 1 aliphatic rings. The Bertz CT molecular complexity index is 1030. The number of amides is 1. The number of hydrogen-bond acceptors (Lipinski definition) is 8. The fraction of sp³-hybridized carbons (Fsp3) is 0.176. The zero-order valence-corrected chi connectivity index (χ0v) is 15.1. The van der Waals surface area contributed by atoms with Crippen LogP contribution in [0.2, 0.25) is 0 Å². The lowest BCUT2D eigenvalue weighted by Gasteiger charge is -2.14. The number of aromatic amines is 1. The summed E-state index contributed by atoms with van der Waals surface area (Å²) in [5.41, 5.74) is 2.25. The molecule has 1 aromatic carbocycles. The van der Waals surface area contributed by atoms with E-state index in [0.717, 1.165) is 28.3 Å². The van der Waals surface area contributed by atoms with Gasteiger partial charge in [-0.25, -0.2) is 20.6 Å². The first-order chi connectivity index (χ1) is 13.1. The van der Waals surface area contributed by atoms with Crippen LogP contribution in [0.3, 0.4) is 0 Å². The van der Waals surface area contributed by atoms with Crippen LogP contribution in [-0.4, -0.2) is 40.8 Å². The van der Waals surface area contributed by atoms with E-state index in [9.17, 15) is 9.59 Å². The summed E-state index contributed by atoms with van der Waals surface area (Å²) >= 11 is 1.33. The van der Waals surface area contributed by atoms with Gasteiger partial charge in [0.05, 0.1) is 19.9 Å². The molecule has 0 spiro atoms. The molecule has 0 bridgehead atoms. The minimum atomic E-state index is -0.652. The van der Waals surface area contributed by atoms with Gasteiger partial charge in [0.2, 0.25) is 0 Å². The summed E-state index contributed by atoms with van der Waals surface area (Å²) < 4.78 is 10.2. The second-order valence-electron chi connectivity index (χ2n) is 5.76. The highest BCUT2D eigenvalue weighted by Crippen LogP contribution is 2.32. The van der Waals surface area contributed by atoms with Crippen molar-refractivity contribution in [1.29, 1.82) is 0 Å². The molecule has 0 saturated carbocycles. The largest absolute Gasteiger partial charge is 0.493 e. The number of hydrazine groups is 1. The van der Waals surface area contributed by atoms with Crippen molar-refractivity contribution < 1.29 is 19.1 Å². The Kier molecular flexibility index (Phi) is 4.34. The molecule has 0 radical (unpaired) electrons. The molecule has 27 heavy (non-hydrogen) atoms. The summed E-state index contributed by atoms with van der Waals surface area (Å²) in [6.45, 7) is 0.676. The van der Waals surface area contributed by atoms with Gasteiger partial charge in [0.25, 0.3) is 5.91 Å². The Morgan fingerprint density at radius 2 is 2.26 bits per heavy atom. The van der Waals surface area contributed by atoms with Gasteiger partial charge in [-0.2, -0.15) is 5.10 Å². The number of aromatic nitrogens is 3. The van der Waals surface area contributed by atoms with Gasteiger partial charge in [0.1, 0.15) is 22.0 Å². The lowest BCUT2D eigenvalue weighted by atomic mass is 10.1. The average molecular weight is 385 g/mol. The normalized spacial score (nSPS) is 12.4. The van der Waals surface area contributed by atoms with Crippen LogP contribution in [0.5, 0.6) is 5.75 Å². The van der Waals surface area contributed by atoms with Crippen molar-refractivity contribution in [1.82, 2.24) is 15.2 Å². The Labute approximate surface area is 157 Å². The number of hydrogen-bond donors (Lipinski definition) is 2. The maximum Gasteiger partial charge on any atom is 0.343 e. The van der Waals surface area contributed by atoms with Crippen LogP contribution in [-0.2, 0) is 11.2 Å². The zero-order chi connectivity index (χ0) is 19.0. The fourth-order valence-corrected chi connectivity index (χ4v) is 3.56.